The minimum Gasteiger partial charge on any atom is -0.496 e. The molecule has 2 aromatic rings. The summed E-state index contributed by atoms with van der Waals surface area (Å²) in [7, 11) is 1.49. The molecule has 8 nitrogen and oxygen atoms in total. The zero-order chi connectivity index (χ0) is 21.1. The molecule has 8 heteroatoms. The van der Waals surface area contributed by atoms with Crippen molar-refractivity contribution < 1.29 is 23.9 Å². The zero-order valence-corrected chi connectivity index (χ0v) is 16.5. The van der Waals surface area contributed by atoms with Gasteiger partial charge in [-0.1, -0.05) is 18.2 Å². The van der Waals surface area contributed by atoms with Crippen molar-refractivity contribution in [3.63, 3.8) is 0 Å². The summed E-state index contributed by atoms with van der Waals surface area (Å²) >= 11 is 0. The van der Waals surface area contributed by atoms with Crippen LogP contribution < -0.4 is 25.4 Å². The van der Waals surface area contributed by atoms with Crippen molar-refractivity contribution in [1.82, 2.24) is 10.6 Å². The normalized spacial score (nSPS) is 10.0. The monoisotopic (exact) mass is 399 g/mol. The second kappa shape index (κ2) is 11.3. The van der Waals surface area contributed by atoms with E-state index >= 15 is 0 Å². The predicted molar refractivity (Wildman–Crippen MR) is 109 cm³/mol. The van der Waals surface area contributed by atoms with E-state index in [0.29, 0.717) is 29.3 Å². The van der Waals surface area contributed by atoms with Gasteiger partial charge in [0.05, 0.1) is 12.7 Å². The largest absolute Gasteiger partial charge is 0.496 e. The molecule has 0 aromatic heterocycles. The fraction of sp³-hybridized carbons (Fsp3) is 0.286. The van der Waals surface area contributed by atoms with E-state index in [0.717, 1.165) is 0 Å². The van der Waals surface area contributed by atoms with E-state index in [1.807, 2.05) is 6.92 Å². The number of hydrogen-bond acceptors (Lipinski definition) is 5. The lowest BCUT2D eigenvalue weighted by Gasteiger charge is -2.10. The first-order valence-corrected chi connectivity index (χ1v) is 9.24. The third kappa shape index (κ3) is 7.17. The van der Waals surface area contributed by atoms with Gasteiger partial charge in [-0.2, -0.15) is 0 Å². The summed E-state index contributed by atoms with van der Waals surface area (Å²) in [6, 6.07) is 13.6. The van der Waals surface area contributed by atoms with E-state index in [9.17, 15) is 14.4 Å². The highest BCUT2D eigenvalue weighted by atomic mass is 16.5. The maximum atomic E-state index is 12.2. The van der Waals surface area contributed by atoms with Crippen LogP contribution >= 0.6 is 0 Å². The third-order valence-corrected chi connectivity index (χ3v) is 3.85. The van der Waals surface area contributed by atoms with Gasteiger partial charge in [0.2, 0.25) is 5.91 Å². The van der Waals surface area contributed by atoms with Crippen LogP contribution in [-0.2, 0) is 9.59 Å². The smallest absolute Gasteiger partial charge is 0.257 e. The maximum absolute atomic E-state index is 12.2. The van der Waals surface area contributed by atoms with Crippen molar-refractivity contribution in [2.24, 2.45) is 0 Å². The second-order valence-corrected chi connectivity index (χ2v) is 6.02. The lowest BCUT2D eigenvalue weighted by atomic mass is 10.2. The first kappa shape index (κ1) is 21.7. The average Bonchev–Trinajstić information content (AvgIpc) is 2.72. The van der Waals surface area contributed by atoms with Crippen molar-refractivity contribution in [3.05, 3.63) is 54.1 Å². The molecule has 0 bridgehead atoms. The minimum absolute atomic E-state index is 0.0970. The van der Waals surface area contributed by atoms with Crippen molar-refractivity contribution >= 4 is 23.4 Å². The number of para-hydroxylation sites is 1. The SMILES string of the molecule is CCNC(=O)COc1cccc(NC(=O)CCNC(=O)c2ccccc2OC)c1. The number of benzene rings is 2. The number of amides is 3. The molecule has 0 fully saturated rings. The van der Waals surface area contributed by atoms with E-state index < -0.39 is 0 Å². The summed E-state index contributed by atoms with van der Waals surface area (Å²) < 4.78 is 10.5. The van der Waals surface area contributed by atoms with Gasteiger partial charge in [-0.3, -0.25) is 14.4 Å². The highest BCUT2D eigenvalue weighted by molar-refractivity contribution is 5.97. The number of likely N-dealkylation sites (N-methyl/N-ethyl adjacent to an activating group) is 1. The Morgan fingerprint density at radius 2 is 1.76 bits per heavy atom. The van der Waals surface area contributed by atoms with Crippen LogP contribution in [-0.4, -0.2) is 44.5 Å². The Labute approximate surface area is 169 Å². The molecule has 2 aromatic carbocycles. The van der Waals surface area contributed by atoms with E-state index in [-0.39, 0.29) is 37.3 Å². The van der Waals surface area contributed by atoms with Crippen LogP contribution in [0.2, 0.25) is 0 Å². The van der Waals surface area contributed by atoms with Gasteiger partial charge in [0.1, 0.15) is 11.5 Å². The number of nitrogens with one attached hydrogen (secondary N) is 3. The Kier molecular flexibility index (Phi) is 8.50. The van der Waals surface area contributed by atoms with Gasteiger partial charge in [-0.05, 0) is 31.2 Å². The molecule has 0 aliphatic carbocycles. The molecular formula is C21H25N3O5. The van der Waals surface area contributed by atoms with Crippen LogP contribution in [0.3, 0.4) is 0 Å². The Bertz CT molecular complexity index is 854. The second-order valence-electron chi connectivity index (χ2n) is 6.02. The molecule has 3 N–H and O–H groups in total. The van der Waals surface area contributed by atoms with E-state index in [1.165, 1.54) is 7.11 Å². The fourth-order valence-corrected chi connectivity index (χ4v) is 2.50. The molecule has 0 saturated heterocycles. The summed E-state index contributed by atoms with van der Waals surface area (Å²) in [4.78, 5) is 35.8. The van der Waals surface area contributed by atoms with Gasteiger partial charge in [0.15, 0.2) is 6.61 Å². The zero-order valence-electron chi connectivity index (χ0n) is 16.5. The topological polar surface area (TPSA) is 106 Å². The van der Waals surface area contributed by atoms with Crippen LogP contribution in [0.15, 0.2) is 48.5 Å². The Morgan fingerprint density at radius 3 is 2.52 bits per heavy atom. The number of methoxy groups -OCH3 is 1. The molecule has 3 amide bonds. The lowest BCUT2D eigenvalue weighted by molar-refractivity contribution is -0.123. The van der Waals surface area contributed by atoms with E-state index in [4.69, 9.17) is 9.47 Å². The predicted octanol–water partition coefficient (Wildman–Crippen LogP) is 1.97. The molecule has 154 valence electrons. The van der Waals surface area contributed by atoms with Gasteiger partial charge in [0.25, 0.3) is 11.8 Å². The minimum atomic E-state index is -0.309. The van der Waals surface area contributed by atoms with E-state index in [1.54, 1.807) is 48.5 Å². The molecule has 0 saturated carbocycles. The summed E-state index contributed by atoms with van der Waals surface area (Å²) in [5.41, 5.74) is 0.951. The highest BCUT2D eigenvalue weighted by Crippen LogP contribution is 2.18. The Morgan fingerprint density at radius 1 is 0.966 bits per heavy atom. The maximum Gasteiger partial charge on any atom is 0.257 e. The number of hydrogen-bond donors (Lipinski definition) is 3. The third-order valence-electron chi connectivity index (χ3n) is 3.85. The molecule has 29 heavy (non-hydrogen) atoms. The van der Waals surface area contributed by atoms with Crippen LogP contribution in [0, 0.1) is 0 Å². The fourth-order valence-electron chi connectivity index (χ4n) is 2.50. The van der Waals surface area contributed by atoms with Crippen molar-refractivity contribution in [3.8, 4) is 11.5 Å². The number of carbonyl (C=O) groups is 3. The highest BCUT2D eigenvalue weighted by Gasteiger charge is 2.11. The van der Waals surface area contributed by atoms with Gasteiger partial charge < -0.3 is 25.4 Å². The number of anilines is 1. The molecule has 0 atom stereocenters. The first-order valence-electron chi connectivity index (χ1n) is 9.24. The molecule has 0 aliphatic rings. The Hall–Kier alpha value is -3.55. The van der Waals surface area contributed by atoms with Gasteiger partial charge >= 0.3 is 0 Å². The molecule has 2 rings (SSSR count). The van der Waals surface area contributed by atoms with Crippen LogP contribution in [0.25, 0.3) is 0 Å². The summed E-state index contributed by atoms with van der Waals surface area (Å²) in [5.74, 6) is 0.160. The van der Waals surface area contributed by atoms with Crippen molar-refractivity contribution in [1.29, 1.82) is 0 Å². The number of ether oxygens (including phenoxy) is 2. The molecule has 0 aliphatic heterocycles. The van der Waals surface area contributed by atoms with Gasteiger partial charge in [-0.25, -0.2) is 0 Å². The van der Waals surface area contributed by atoms with Gasteiger partial charge in [-0.15, -0.1) is 0 Å². The molecule has 0 spiro atoms. The van der Waals surface area contributed by atoms with Crippen LogP contribution in [0.4, 0.5) is 5.69 Å². The molecular weight excluding hydrogens is 374 g/mol. The van der Waals surface area contributed by atoms with Crippen LogP contribution in [0.1, 0.15) is 23.7 Å². The summed E-state index contributed by atoms with van der Waals surface area (Å²) in [6.45, 7) is 2.44. The standard InChI is InChI=1S/C21H25N3O5/c1-3-22-20(26)14-29-16-8-6-7-15(13-16)24-19(25)11-12-23-21(27)17-9-4-5-10-18(17)28-2/h4-10,13H,3,11-12,14H2,1-2H3,(H,22,26)(H,23,27)(H,24,25). The number of carbonyl (C=O) groups excluding carboxylic acids is 3. The van der Waals surface area contributed by atoms with Crippen molar-refractivity contribution in [2.75, 3.05) is 32.1 Å². The summed E-state index contributed by atoms with van der Waals surface area (Å²) in [5, 5.41) is 8.07. The van der Waals surface area contributed by atoms with Crippen molar-refractivity contribution in [2.45, 2.75) is 13.3 Å². The molecule has 0 heterocycles. The van der Waals surface area contributed by atoms with Crippen LogP contribution in [0.5, 0.6) is 11.5 Å². The lowest BCUT2D eigenvalue weighted by Crippen LogP contribution is -2.28. The first-order chi connectivity index (χ1) is 14.0. The average molecular weight is 399 g/mol. The number of rotatable bonds is 10. The summed E-state index contributed by atoms with van der Waals surface area (Å²) in [6.07, 6.45) is 0.102. The quantitative estimate of drug-likeness (QED) is 0.566. The van der Waals surface area contributed by atoms with E-state index in [2.05, 4.69) is 16.0 Å². The van der Waals surface area contributed by atoms with Gasteiger partial charge in [0, 0.05) is 31.3 Å². The Balaban J connectivity index is 1.80. The molecule has 0 unspecified atom stereocenters. The molecule has 0 radical (unpaired) electrons.